The molecule has 0 spiro atoms. The standard InChI is InChI=1S/C24H28N6O3/c1-18(31)26-19-6-8-20(9-7-19)27-23(32)17-28-12-14-29(15-13-28)24-25-10-11-30(24)21-4-3-5-22(16-21)33-2/h3-11,16H,12-15,17H2,1-2H3,(H,26,31)(H,27,32). The highest BCUT2D eigenvalue weighted by Crippen LogP contribution is 2.23. The Kier molecular flexibility index (Phi) is 6.89. The van der Waals surface area contributed by atoms with Gasteiger partial charge in [-0.15, -0.1) is 0 Å². The summed E-state index contributed by atoms with van der Waals surface area (Å²) < 4.78 is 7.40. The van der Waals surface area contributed by atoms with Gasteiger partial charge < -0.3 is 20.3 Å². The van der Waals surface area contributed by atoms with Gasteiger partial charge in [-0.05, 0) is 36.4 Å². The number of hydrogen-bond donors (Lipinski definition) is 2. The number of aromatic nitrogens is 2. The Bertz CT molecular complexity index is 1100. The second-order valence-electron chi connectivity index (χ2n) is 7.87. The highest BCUT2D eigenvalue weighted by atomic mass is 16.5. The third-order valence-corrected chi connectivity index (χ3v) is 5.46. The van der Waals surface area contributed by atoms with Crippen molar-refractivity contribution in [1.82, 2.24) is 14.5 Å². The van der Waals surface area contributed by atoms with Gasteiger partial charge in [0.2, 0.25) is 17.8 Å². The first kappa shape index (κ1) is 22.3. The second kappa shape index (κ2) is 10.2. The number of methoxy groups -OCH3 is 1. The molecule has 2 heterocycles. The van der Waals surface area contributed by atoms with Crippen LogP contribution in [-0.2, 0) is 9.59 Å². The van der Waals surface area contributed by atoms with E-state index < -0.39 is 0 Å². The summed E-state index contributed by atoms with van der Waals surface area (Å²) in [6.45, 7) is 4.87. The zero-order chi connectivity index (χ0) is 23.2. The van der Waals surface area contributed by atoms with Crippen molar-refractivity contribution < 1.29 is 14.3 Å². The molecule has 33 heavy (non-hydrogen) atoms. The smallest absolute Gasteiger partial charge is 0.238 e. The SMILES string of the molecule is COc1cccc(-n2ccnc2N2CCN(CC(=O)Nc3ccc(NC(C)=O)cc3)CC2)c1. The summed E-state index contributed by atoms with van der Waals surface area (Å²) in [6, 6.07) is 15.0. The lowest BCUT2D eigenvalue weighted by Gasteiger charge is -2.35. The van der Waals surface area contributed by atoms with Gasteiger partial charge in [-0.2, -0.15) is 0 Å². The molecule has 172 valence electrons. The predicted octanol–water partition coefficient (Wildman–Crippen LogP) is 2.60. The Morgan fingerprint density at radius 2 is 1.70 bits per heavy atom. The maximum Gasteiger partial charge on any atom is 0.238 e. The van der Waals surface area contributed by atoms with Gasteiger partial charge in [-0.3, -0.25) is 19.1 Å². The molecule has 9 nitrogen and oxygen atoms in total. The van der Waals surface area contributed by atoms with E-state index in [1.54, 1.807) is 37.6 Å². The fourth-order valence-corrected chi connectivity index (χ4v) is 3.84. The van der Waals surface area contributed by atoms with E-state index in [0.717, 1.165) is 43.6 Å². The Hall–Kier alpha value is -3.85. The molecule has 1 fully saturated rings. The van der Waals surface area contributed by atoms with Crippen molar-refractivity contribution in [1.29, 1.82) is 0 Å². The van der Waals surface area contributed by atoms with Crippen molar-refractivity contribution in [2.24, 2.45) is 0 Å². The minimum atomic E-state index is -0.128. The lowest BCUT2D eigenvalue weighted by atomic mass is 10.2. The highest BCUT2D eigenvalue weighted by molar-refractivity contribution is 5.93. The number of nitrogens with one attached hydrogen (secondary N) is 2. The Morgan fingerprint density at radius 1 is 1.00 bits per heavy atom. The van der Waals surface area contributed by atoms with Gasteiger partial charge >= 0.3 is 0 Å². The van der Waals surface area contributed by atoms with Gasteiger partial charge in [0.15, 0.2) is 0 Å². The summed E-state index contributed by atoms with van der Waals surface area (Å²) in [5.41, 5.74) is 2.39. The highest BCUT2D eigenvalue weighted by Gasteiger charge is 2.22. The fourth-order valence-electron chi connectivity index (χ4n) is 3.84. The molecular weight excluding hydrogens is 420 g/mol. The van der Waals surface area contributed by atoms with E-state index in [4.69, 9.17) is 4.74 Å². The van der Waals surface area contributed by atoms with Crippen molar-refractivity contribution in [3.05, 3.63) is 60.9 Å². The van der Waals surface area contributed by atoms with Crippen LogP contribution >= 0.6 is 0 Å². The first-order valence-corrected chi connectivity index (χ1v) is 10.8. The summed E-state index contributed by atoms with van der Waals surface area (Å²) in [4.78, 5) is 32.5. The van der Waals surface area contributed by atoms with Crippen LogP contribution in [0.5, 0.6) is 5.75 Å². The average Bonchev–Trinajstić information content (AvgIpc) is 3.30. The van der Waals surface area contributed by atoms with Crippen LogP contribution in [0.25, 0.3) is 5.69 Å². The van der Waals surface area contributed by atoms with E-state index in [9.17, 15) is 9.59 Å². The number of carbonyl (C=O) groups excluding carboxylic acids is 2. The molecule has 1 aliphatic rings. The average molecular weight is 449 g/mol. The van der Waals surface area contributed by atoms with E-state index in [-0.39, 0.29) is 11.8 Å². The minimum absolute atomic E-state index is 0.0615. The van der Waals surface area contributed by atoms with Crippen molar-refractivity contribution >= 4 is 29.1 Å². The van der Waals surface area contributed by atoms with Gasteiger partial charge in [0.05, 0.1) is 19.3 Å². The molecule has 1 aromatic heterocycles. The first-order valence-electron chi connectivity index (χ1n) is 10.8. The second-order valence-corrected chi connectivity index (χ2v) is 7.87. The lowest BCUT2D eigenvalue weighted by molar-refractivity contribution is -0.117. The van der Waals surface area contributed by atoms with E-state index in [1.165, 1.54) is 6.92 Å². The number of imidazole rings is 1. The summed E-state index contributed by atoms with van der Waals surface area (Å²) in [6.07, 6.45) is 3.74. The maximum absolute atomic E-state index is 12.5. The third-order valence-electron chi connectivity index (χ3n) is 5.46. The van der Waals surface area contributed by atoms with Crippen LogP contribution in [0.2, 0.25) is 0 Å². The molecule has 1 aliphatic heterocycles. The van der Waals surface area contributed by atoms with Crippen molar-refractivity contribution in [3.8, 4) is 11.4 Å². The number of ether oxygens (including phenoxy) is 1. The van der Waals surface area contributed by atoms with Crippen LogP contribution in [0.15, 0.2) is 60.9 Å². The summed E-state index contributed by atoms with van der Waals surface area (Å²) in [5, 5.41) is 5.62. The number of anilines is 3. The lowest BCUT2D eigenvalue weighted by Crippen LogP contribution is -2.49. The topological polar surface area (TPSA) is 91.7 Å². The van der Waals surface area contributed by atoms with Crippen LogP contribution < -0.4 is 20.3 Å². The number of nitrogens with zero attached hydrogens (tertiary/aromatic N) is 4. The molecule has 0 saturated carbocycles. The normalized spacial score (nSPS) is 14.1. The molecule has 0 unspecified atom stereocenters. The van der Waals surface area contributed by atoms with Gasteiger partial charge in [0.1, 0.15) is 5.75 Å². The van der Waals surface area contributed by atoms with Gasteiger partial charge in [0, 0.05) is 62.9 Å². The molecule has 0 atom stereocenters. The zero-order valence-corrected chi connectivity index (χ0v) is 18.8. The van der Waals surface area contributed by atoms with Crippen LogP contribution in [0, 0.1) is 0 Å². The molecular formula is C24H28N6O3. The number of benzene rings is 2. The number of amides is 2. The quantitative estimate of drug-likeness (QED) is 0.577. The molecule has 2 N–H and O–H groups in total. The first-order chi connectivity index (χ1) is 16.0. The van der Waals surface area contributed by atoms with Crippen LogP contribution in [0.3, 0.4) is 0 Å². The number of hydrogen-bond acceptors (Lipinski definition) is 6. The van der Waals surface area contributed by atoms with Gasteiger partial charge in [0.25, 0.3) is 0 Å². The van der Waals surface area contributed by atoms with E-state index in [2.05, 4.69) is 30.0 Å². The molecule has 2 amide bonds. The zero-order valence-electron chi connectivity index (χ0n) is 18.8. The third kappa shape index (κ3) is 5.69. The predicted molar refractivity (Wildman–Crippen MR) is 128 cm³/mol. The van der Waals surface area contributed by atoms with Crippen molar-refractivity contribution in [2.75, 3.05) is 55.4 Å². The van der Waals surface area contributed by atoms with Crippen LogP contribution in [-0.4, -0.2) is 66.1 Å². The Morgan fingerprint density at radius 3 is 2.36 bits per heavy atom. The van der Waals surface area contributed by atoms with Gasteiger partial charge in [-0.1, -0.05) is 6.07 Å². The van der Waals surface area contributed by atoms with Crippen LogP contribution in [0.4, 0.5) is 17.3 Å². The van der Waals surface area contributed by atoms with E-state index >= 15 is 0 Å². The molecule has 0 radical (unpaired) electrons. The molecule has 0 aliphatic carbocycles. The number of piperazine rings is 1. The molecule has 3 aromatic rings. The monoisotopic (exact) mass is 448 g/mol. The van der Waals surface area contributed by atoms with E-state index in [1.807, 2.05) is 30.5 Å². The molecule has 9 heteroatoms. The molecule has 2 aromatic carbocycles. The summed E-state index contributed by atoms with van der Waals surface area (Å²) >= 11 is 0. The summed E-state index contributed by atoms with van der Waals surface area (Å²) in [7, 11) is 1.66. The van der Waals surface area contributed by atoms with E-state index in [0.29, 0.717) is 17.9 Å². The number of carbonyl (C=O) groups is 2. The van der Waals surface area contributed by atoms with Crippen molar-refractivity contribution in [2.45, 2.75) is 6.92 Å². The maximum atomic E-state index is 12.5. The largest absolute Gasteiger partial charge is 0.497 e. The minimum Gasteiger partial charge on any atom is -0.497 e. The van der Waals surface area contributed by atoms with Crippen molar-refractivity contribution in [3.63, 3.8) is 0 Å². The molecule has 4 rings (SSSR count). The Balaban J connectivity index is 1.30. The van der Waals surface area contributed by atoms with Gasteiger partial charge in [-0.25, -0.2) is 4.98 Å². The number of rotatable bonds is 7. The molecule has 0 bridgehead atoms. The molecule has 1 saturated heterocycles. The van der Waals surface area contributed by atoms with Crippen LogP contribution in [0.1, 0.15) is 6.92 Å². The summed E-state index contributed by atoms with van der Waals surface area (Å²) in [5.74, 6) is 1.49. The fraction of sp³-hybridized carbons (Fsp3) is 0.292. The Labute approximate surface area is 193 Å².